The first-order chi connectivity index (χ1) is 24.5. The molecule has 11 heteroatoms. The van der Waals surface area contributed by atoms with Crippen LogP contribution in [0.4, 0.5) is 0 Å². The van der Waals surface area contributed by atoms with Crippen molar-refractivity contribution in [2.24, 2.45) is 5.73 Å². The summed E-state index contributed by atoms with van der Waals surface area (Å²) in [5.41, 5.74) is 12.1. The van der Waals surface area contributed by atoms with Crippen molar-refractivity contribution in [1.29, 1.82) is 0 Å². The molecule has 2 unspecified atom stereocenters. The number of carbonyl (C=O) groups excluding carboxylic acids is 2. The summed E-state index contributed by atoms with van der Waals surface area (Å²) in [6.45, 7) is 6.38. The average Bonchev–Trinajstić information content (AvgIpc) is 3.46. The van der Waals surface area contributed by atoms with Gasteiger partial charge in [0.15, 0.2) is 0 Å². The molecule has 1 heterocycles. The highest BCUT2D eigenvalue weighted by Crippen LogP contribution is 2.30. The number of nitrogens with two attached hydrogens (primary N) is 1. The lowest BCUT2D eigenvalue weighted by Gasteiger charge is -2.28. The van der Waals surface area contributed by atoms with Gasteiger partial charge in [-0.2, -0.15) is 0 Å². The van der Waals surface area contributed by atoms with Crippen molar-refractivity contribution in [2.45, 2.75) is 71.5 Å². The number of fused-ring (bicyclic) bond motifs is 1. The fraction of sp³-hybridized carbons (Fsp3) is 0.275. The minimum Gasteiger partial charge on any atom is -0.480 e. The molecule has 0 aliphatic carbocycles. The van der Waals surface area contributed by atoms with Crippen molar-refractivity contribution in [1.82, 2.24) is 13.9 Å². The van der Waals surface area contributed by atoms with Crippen molar-refractivity contribution in [3.63, 3.8) is 0 Å². The zero-order chi connectivity index (χ0) is 36.7. The number of aromatic carboxylic acids is 1. The monoisotopic (exact) mass is 706 g/mol. The second kappa shape index (κ2) is 16.6. The van der Waals surface area contributed by atoms with E-state index in [0.717, 1.165) is 63.9 Å². The molecule has 0 aliphatic rings. The van der Waals surface area contributed by atoms with Gasteiger partial charge in [-0.05, 0) is 79.1 Å². The van der Waals surface area contributed by atoms with Crippen molar-refractivity contribution < 1.29 is 29.4 Å². The number of rotatable bonds is 14. The van der Waals surface area contributed by atoms with E-state index in [1.807, 2.05) is 80.6 Å². The Labute approximate surface area is 301 Å². The third kappa shape index (κ3) is 8.92. The first-order valence-corrected chi connectivity index (χ1v) is 17.7. The molecule has 1 aromatic heterocycles. The molecule has 0 aliphatic heterocycles. The maximum Gasteiger partial charge on any atom is 0.336 e. The molecule has 5 aromatic rings. The van der Waals surface area contributed by atoms with Crippen LogP contribution >= 0.6 is 11.9 Å². The Morgan fingerprint density at radius 1 is 0.922 bits per heavy atom. The number of nitrogens with zero attached hydrogens (tertiary/aromatic N) is 3. The van der Waals surface area contributed by atoms with Gasteiger partial charge >= 0.3 is 11.9 Å². The van der Waals surface area contributed by atoms with Gasteiger partial charge in [0.25, 0.3) is 5.91 Å². The number of hydrogen-bond acceptors (Lipinski definition) is 7. The minimum absolute atomic E-state index is 0.0340. The van der Waals surface area contributed by atoms with Gasteiger partial charge in [-0.15, -0.1) is 0 Å². The van der Waals surface area contributed by atoms with Crippen LogP contribution in [0.15, 0.2) is 91.0 Å². The fourth-order valence-electron chi connectivity index (χ4n) is 6.10. The van der Waals surface area contributed by atoms with Crippen LogP contribution in [0.2, 0.25) is 0 Å². The van der Waals surface area contributed by atoms with Gasteiger partial charge in [0, 0.05) is 42.9 Å². The van der Waals surface area contributed by atoms with Gasteiger partial charge in [0.2, 0.25) is 5.12 Å². The number of amides is 1. The molecule has 1 amide bonds. The molecule has 0 fully saturated rings. The number of carboxylic acid groups (broad SMARTS) is 2. The Bertz CT molecular complexity index is 2040. The molecule has 0 bridgehead atoms. The molecule has 4 N–H and O–H groups in total. The van der Waals surface area contributed by atoms with Crippen molar-refractivity contribution >= 4 is 45.9 Å². The summed E-state index contributed by atoms with van der Waals surface area (Å²) in [4.78, 5) is 55.5. The molecule has 5 rings (SSSR count). The molecular formula is C40H42N4O6S. The Balaban J connectivity index is 1.48. The number of aryl methyl sites for hydroxylation is 2. The Kier molecular flexibility index (Phi) is 12.1. The van der Waals surface area contributed by atoms with E-state index in [1.54, 1.807) is 24.3 Å². The molecule has 0 saturated carbocycles. The summed E-state index contributed by atoms with van der Waals surface area (Å²) in [5.74, 6) is -1.62. The molecule has 0 radical (unpaired) electrons. The lowest BCUT2D eigenvalue weighted by Crippen LogP contribution is -2.36. The van der Waals surface area contributed by atoms with Gasteiger partial charge in [-0.3, -0.25) is 18.7 Å². The van der Waals surface area contributed by atoms with Gasteiger partial charge in [0.1, 0.15) is 11.9 Å². The van der Waals surface area contributed by atoms with Crippen molar-refractivity contribution in [3.05, 3.63) is 125 Å². The molecule has 51 heavy (non-hydrogen) atoms. The second-order valence-corrected chi connectivity index (χ2v) is 13.7. The standard InChI is InChI=1S/C40H42N4O6S/c1-4-10-35-42-37-25(2)21-30(23-34(37)43(35)24-28-15-17-29(18-16-28)31-13-8-9-14-32(31)39(47)48)38(46)44(26(3)22-27-11-6-5-7-12-27)51-36(45)20-19-33(41)40(49)50/h5-9,11-18,21,23,26,33H,4,10,19-20,22,24,41H2,1-3H3,(H,47,48)(H,49,50). The van der Waals surface area contributed by atoms with Crippen LogP contribution in [-0.4, -0.2) is 59.1 Å². The lowest BCUT2D eigenvalue weighted by molar-refractivity contribution is -0.138. The number of hydrogen-bond donors (Lipinski definition) is 3. The zero-order valence-corrected chi connectivity index (χ0v) is 29.7. The quantitative estimate of drug-likeness (QED) is 0.102. The average molecular weight is 707 g/mol. The first-order valence-electron chi connectivity index (χ1n) is 16.9. The van der Waals surface area contributed by atoms with E-state index in [9.17, 15) is 29.4 Å². The second-order valence-electron chi connectivity index (χ2n) is 12.7. The summed E-state index contributed by atoms with van der Waals surface area (Å²) in [7, 11) is 0. The van der Waals surface area contributed by atoms with Crippen molar-refractivity contribution in [2.75, 3.05) is 0 Å². The first kappa shape index (κ1) is 37.0. The number of imidazole rings is 1. The Morgan fingerprint density at radius 3 is 2.27 bits per heavy atom. The van der Waals surface area contributed by atoms with Crippen LogP contribution in [0.5, 0.6) is 0 Å². The minimum atomic E-state index is -1.18. The van der Waals surface area contributed by atoms with E-state index >= 15 is 0 Å². The van der Waals surface area contributed by atoms with E-state index in [4.69, 9.17) is 10.7 Å². The van der Waals surface area contributed by atoms with E-state index in [-0.39, 0.29) is 35.5 Å². The molecular weight excluding hydrogens is 665 g/mol. The predicted octanol–water partition coefficient (Wildman–Crippen LogP) is 7.15. The SMILES string of the molecule is CCCc1nc2c(C)cc(C(=O)N(SC(=O)CCC(N)C(=O)O)C(C)Cc3ccccc3)cc2n1Cc1ccc(-c2ccccc2C(=O)O)cc1. The normalized spacial score (nSPS) is 12.4. The summed E-state index contributed by atoms with van der Waals surface area (Å²) in [5, 5.41) is 18.5. The molecule has 0 saturated heterocycles. The van der Waals surface area contributed by atoms with Gasteiger partial charge < -0.3 is 20.5 Å². The Morgan fingerprint density at radius 2 is 1.61 bits per heavy atom. The van der Waals surface area contributed by atoms with E-state index in [1.165, 1.54) is 4.31 Å². The summed E-state index contributed by atoms with van der Waals surface area (Å²) < 4.78 is 3.61. The smallest absolute Gasteiger partial charge is 0.336 e. The third-order valence-electron chi connectivity index (χ3n) is 8.76. The van der Waals surface area contributed by atoms with Gasteiger partial charge in [-0.25, -0.2) is 9.78 Å². The van der Waals surface area contributed by atoms with Gasteiger partial charge in [0.05, 0.1) is 16.6 Å². The number of carbonyl (C=O) groups is 4. The Hall–Kier alpha value is -5.26. The molecule has 264 valence electrons. The van der Waals surface area contributed by atoms with E-state index < -0.39 is 18.0 Å². The van der Waals surface area contributed by atoms with Crippen LogP contribution in [0, 0.1) is 6.92 Å². The number of benzene rings is 4. The molecule has 4 aromatic carbocycles. The summed E-state index contributed by atoms with van der Waals surface area (Å²) in [6, 6.07) is 26.5. The van der Waals surface area contributed by atoms with Crippen LogP contribution < -0.4 is 5.73 Å². The molecule has 0 spiro atoms. The van der Waals surface area contributed by atoms with E-state index in [2.05, 4.69) is 11.5 Å². The summed E-state index contributed by atoms with van der Waals surface area (Å²) in [6.07, 6.45) is 1.98. The molecule has 2 atom stereocenters. The van der Waals surface area contributed by atoms with Crippen LogP contribution in [-0.2, 0) is 29.0 Å². The number of carboxylic acids is 2. The summed E-state index contributed by atoms with van der Waals surface area (Å²) >= 11 is 0.800. The predicted molar refractivity (Wildman–Crippen MR) is 200 cm³/mol. The maximum absolute atomic E-state index is 14.4. The highest BCUT2D eigenvalue weighted by atomic mass is 32.2. The maximum atomic E-state index is 14.4. The highest BCUT2D eigenvalue weighted by Gasteiger charge is 2.28. The van der Waals surface area contributed by atoms with Crippen molar-refractivity contribution in [3.8, 4) is 11.1 Å². The fourth-order valence-corrected chi connectivity index (χ4v) is 6.97. The topological polar surface area (TPSA) is 156 Å². The highest BCUT2D eigenvalue weighted by molar-refractivity contribution is 8.12. The van der Waals surface area contributed by atoms with E-state index in [0.29, 0.717) is 24.1 Å². The van der Waals surface area contributed by atoms with Gasteiger partial charge in [-0.1, -0.05) is 79.7 Å². The zero-order valence-electron chi connectivity index (χ0n) is 28.9. The third-order valence-corrected chi connectivity index (χ3v) is 9.89. The van der Waals surface area contributed by atoms with Crippen LogP contribution in [0.25, 0.3) is 22.2 Å². The number of aliphatic carboxylic acids is 1. The lowest BCUT2D eigenvalue weighted by atomic mass is 9.98. The van der Waals surface area contributed by atoms with Crippen LogP contribution in [0.1, 0.15) is 76.3 Å². The molecule has 10 nitrogen and oxygen atoms in total. The van der Waals surface area contributed by atoms with Crippen LogP contribution in [0.3, 0.4) is 0 Å². The number of aromatic nitrogens is 2. The largest absolute Gasteiger partial charge is 0.480 e.